The third-order valence-electron chi connectivity index (χ3n) is 2.36. The Balaban J connectivity index is 3.14. The van der Waals surface area contributed by atoms with Crippen LogP contribution in [0.5, 0.6) is 0 Å². The lowest BCUT2D eigenvalue weighted by molar-refractivity contribution is 0.0518. The molecule has 1 N–H and O–H groups in total. The highest BCUT2D eigenvalue weighted by Crippen LogP contribution is 2.22. The summed E-state index contributed by atoms with van der Waals surface area (Å²) in [5.41, 5.74) is 1.34. The highest BCUT2D eigenvalue weighted by molar-refractivity contribution is 5.94. The third kappa shape index (κ3) is 2.87. The highest BCUT2D eigenvalue weighted by Gasteiger charge is 2.21. The molecule has 0 aliphatic carbocycles. The minimum Gasteiger partial charge on any atom is -0.464 e. The second-order valence-electron chi connectivity index (χ2n) is 3.88. The minimum absolute atomic E-state index is 0.115. The number of aromatic nitrogens is 1. The van der Waals surface area contributed by atoms with Crippen LogP contribution in [-0.4, -0.2) is 30.6 Å². The molecule has 0 unspecified atom stereocenters. The van der Waals surface area contributed by atoms with Crippen molar-refractivity contribution in [3.05, 3.63) is 23.0 Å². The van der Waals surface area contributed by atoms with Gasteiger partial charge in [0.2, 0.25) is 0 Å². The summed E-state index contributed by atoms with van der Waals surface area (Å²) in [7, 11) is 1.29. The summed E-state index contributed by atoms with van der Waals surface area (Å²) in [5.74, 6) is -0.835. The van der Waals surface area contributed by atoms with Crippen LogP contribution in [0.4, 0.5) is 0 Å². The van der Waals surface area contributed by atoms with Crippen LogP contribution in [0.15, 0.2) is 6.07 Å². The van der Waals surface area contributed by atoms with Crippen molar-refractivity contribution < 1.29 is 19.1 Å². The fourth-order valence-corrected chi connectivity index (χ4v) is 1.52. The minimum atomic E-state index is -0.498. The van der Waals surface area contributed by atoms with Crippen LogP contribution in [0.2, 0.25) is 0 Å². The number of carbonyl (C=O) groups is 2. The van der Waals surface area contributed by atoms with Gasteiger partial charge in [-0.1, -0.05) is 13.8 Å². The molecule has 1 aromatic rings. The third-order valence-corrected chi connectivity index (χ3v) is 2.36. The Hall–Kier alpha value is -1.78. The molecule has 0 spiro atoms. The lowest BCUT2D eigenvalue weighted by atomic mass is 10.0. The molecule has 0 saturated carbocycles. The SMILES string of the molecule is CCOC(=O)c1[nH]c(C(=O)OC)cc1C(C)C. The van der Waals surface area contributed by atoms with Gasteiger partial charge in [0.15, 0.2) is 0 Å². The van der Waals surface area contributed by atoms with Gasteiger partial charge >= 0.3 is 11.9 Å². The first-order valence-corrected chi connectivity index (χ1v) is 5.49. The first-order valence-electron chi connectivity index (χ1n) is 5.49. The second kappa shape index (κ2) is 5.52. The molecule has 0 aliphatic heterocycles. The van der Waals surface area contributed by atoms with Crippen LogP contribution in [0.3, 0.4) is 0 Å². The van der Waals surface area contributed by atoms with Crippen molar-refractivity contribution in [1.82, 2.24) is 4.98 Å². The monoisotopic (exact) mass is 239 g/mol. The van der Waals surface area contributed by atoms with Gasteiger partial charge in [0.1, 0.15) is 11.4 Å². The smallest absolute Gasteiger partial charge is 0.355 e. The van der Waals surface area contributed by atoms with Crippen LogP contribution in [0.25, 0.3) is 0 Å². The molecule has 5 nitrogen and oxygen atoms in total. The van der Waals surface area contributed by atoms with Gasteiger partial charge in [0, 0.05) is 0 Å². The van der Waals surface area contributed by atoms with E-state index in [4.69, 9.17) is 4.74 Å². The number of carbonyl (C=O) groups excluding carboxylic acids is 2. The summed E-state index contributed by atoms with van der Waals surface area (Å²) in [6.07, 6.45) is 0. The maximum atomic E-state index is 11.7. The molecule has 17 heavy (non-hydrogen) atoms. The first kappa shape index (κ1) is 13.3. The number of hydrogen-bond donors (Lipinski definition) is 1. The number of ether oxygens (including phenoxy) is 2. The zero-order chi connectivity index (χ0) is 13.0. The van der Waals surface area contributed by atoms with Crippen molar-refractivity contribution >= 4 is 11.9 Å². The number of rotatable bonds is 4. The van der Waals surface area contributed by atoms with E-state index in [9.17, 15) is 9.59 Å². The van der Waals surface area contributed by atoms with Crippen molar-refractivity contribution in [3.8, 4) is 0 Å². The fourth-order valence-electron chi connectivity index (χ4n) is 1.52. The summed E-state index contributed by atoms with van der Waals surface area (Å²) < 4.78 is 9.52. The molecule has 0 aliphatic rings. The average Bonchev–Trinajstić information content (AvgIpc) is 2.73. The summed E-state index contributed by atoms with van der Waals surface area (Å²) >= 11 is 0. The number of esters is 2. The van der Waals surface area contributed by atoms with Crippen molar-refractivity contribution in [2.75, 3.05) is 13.7 Å². The van der Waals surface area contributed by atoms with E-state index in [1.54, 1.807) is 13.0 Å². The van der Waals surface area contributed by atoms with Crippen LogP contribution in [-0.2, 0) is 9.47 Å². The molecular weight excluding hydrogens is 222 g/mol. The Morgan fingerprint density at radius 2 is 2.00 bits per heavy atom. The van der Waals surface area contributed by atoms with E-state index in [1.165, 1.54) is 7.11 Å². The molecule has 0 amide bonds. The molecular formula is C12H17NO4. The van der Waals surface area contributed by atoms with Crippen molar-refractivity contribution in [2.24, 2.45) is 0 Å². The molecule has 5 heteroatoms. The predicted molar refractivity (Wildman–Crippen MR) is 62.2 cm³/mol. The standard InChI is InChI=1S/C12H17NO4/c1-5-17-12(15)10-8(7(2)3)6-9(13-10)11(14)16-4/h6-7,13H,5H2,1-4H3. The summed E-state index contributed by atoms with van der Waals surface area (Å²) in [6, 6.07) is 1.63. The van der Waals surface area contributed by atoms with Gasteiger partial charge in [-0.15, -0.1) is 0 Å². The quantitative estimate of drug-likeness (QED) is 0.817. The van der Waals surface area contributed by atoms with E-state index in [-0.39, 0.29) is 11.6 Å². The highest BCUT2D eigenvalue weighted by atomic mass is 16.5. The fraction of sp³-hybridized carbons (Fsp3) is 0.500. The maximum Gasteiger partial charge on any atom is 0.355 e. The van der Waals surface area contributed by atoms with Gasteiger partial charge in [-0.2, -0.15) is 0 Å². The van der Waals surface area contributed by atoms with E-state index in [0.717, 1.165) is 5.56 Å². The Kier molecular flexibility index (Phi) is 4.31. The van der Waals surface area contributed by atoms with E-state index in [1.807, 2.05) is 13.8 Å². The van der Waals surface area contributed by atoms with Crippen LogP contribution < -0.4 is 0 Å². The number of nitrogens with one attached hydrogen (secondary N) is 1. The summed E-state index contributed by atoms with van der Waals surface area (Å²) in [6.45, 7) is 5.90. The van der Waals surface area contributed by atoms with Crippen LogP contribution >= 0.6 is 0 Å². The Morgan fingerprint density at radius 1 is 1.35 bits per heavy atom. The molecule has 0 fully saturated rings. The Labute approximate surface area is 100 Å². The van der Waals surface area contributed by atoms with Crippen molar-refractivity contribution in [1.29, 1.82) is 0 Å². The van der Waals surface area contributed by atoms with E-state index in [0.29, 0.717) is 12.3 Å². The van der Waals surface area contributed by atoms with Gasteiger partial charge < -0.3 is 14.5 Å². The van der Waals surface area contributed by atoms with Gasteiger partial charge in [0.25, 0.3) is 0 Å². The number of H-pyrrole nitrogens is 1. The number of methoxy groups -OCH3 is 1. The molecule has 1 rings (SSSR count). The topological polar surface area (TPSA) is 68.4 Å². The largest absolute Gasteiger partial charge is 0.464 e. The van der Waals surface area contributed by atoms with Crippen molar-refractivity contribution in [3.63, 3.8) is 0 Å². The first-order chi connectivity index (χ1) is 8.01. The molecule has 0 bridgehead atoms. The molecule has 1 aromatic heterocycles. The summed E-state index contributed by atoms with van der Waals surface area (Å²) in [4.78, 5) is 25.8. The Morgan fingerprint density at radius 3 is 2.47 bits per heavy atom. The molecule has 0 saturated heterocycles. The zero-order valence-corrected chi connectivity index (χ0v) is 10.5. The normalized spacial score (nSPS) is 10.4. The number of aromatic amines is 1. The predicted octanol–water partition coefficient (Wildman–Crippen LogP) is 2.10. The maximum absolute atomic E-state index is 11.7. The van der Waals surface area contributed by atoms with Gasteiger partial charge in [-0.3, -0.25) is 0 Å². The second-order valence-corrected chi connectivity index (χ2v) is 3.88. The Bertz CT molecular complexity index is 420. The van der Waals surface area contributed by atoms with Gasteiger partial charge in [-0.05, 0) is 24.5 Å². The van der Waals surface area contributed by atoms with E-state index >= 15 is 0 Å². The lowest BCUT2D eigenvalue weighted by Gasteiger charge is -2.05. The van der Waals surface area contributed by atoms with E-state index in [2.05, 4.69) is 9.72 Å². The molecule has 0 radical (unpaired) electrons. The molecule has 1 heterocycles. The molecule has 94 valence electrons. The van der Waals surface area contributed by atoms with E-state index < -0.39 is 11.9 Å². The molecule has 0 atom stereocenters. The van der Waals surface area contributed by atoms with Crippen molar-refractivity contribution in [2.45, 2.75) is 26.7 Å². The van der Waals surface area contributed by atoms with Gasteiger partial charge in [-0.25, -0.2) is 9.59 Å². The van der Waals surface area contributed by atoms with Crippen LogP contribution in [0.1, 0.15) is 53.2 Å². The lowest BCUT2D eigenvalue weighted by Crippen LogP contribution is -2.09. The number of hydrogen-bond acceptors (Lipinski definition) is 4. The molecule has 0 aromatic carbocycles. The van der Waals surface area contributed by atoms with Gasteiger partial charge in [0.05, 0.1) is 13.7 Å². The van der Waals surface area contributed by atoms with Crippen LogP contribution in [0, 0.1) is 0 Å². The summed E-state index contributed by atoms with van der Waals surface area (Å²) in [5, 5.41) is 0. The zero-order valence-electron chi connectivity index (χ0n) is 10.5. The average molecular weight is 239 g/mol.